The summed E-state index contributed by atoms with van der Waals surface area (Å²) < 4.78 is 0.949. The fraction of sp³-hybridized carbons (Fsp3) is 0.0909. The second kappa shape index (κ2) is 4.06. The van der Waals surface area contributed by atoms with Crippen LogP contribution in [-0.4, -0.2) is 14.7 Å². The fourth-order valence-corrected chi connectivity index (χ4v) is 1.41. The maximum absolute atomic E-state index is 11.5. The third-order valence-corrected chi connectivity index (χ3v) is 2.23. The first kappa shape index (κ1) is 10.2. The van der Waals surface area contributed by atoms with Gasteiger partial charge in [-0.25, -0.2) is 4.79 Å². The average Bonchev–Trinajstić information content (AvgIpc) is 2.31. The number of aromatic hydroxyl groups is 1. The minimum absolute atomic E-state index is 0.142. The molecule has 5 nitrogen and oxygen atoms in total. The fourth-order valence-electron chi connectivity index (χ4n) is 1.41. The summed E-state index contributed by atoms with van der Waals surface area (Å²) in [5.41, 5.74) is -0.403. The van der Waals surface area contributed by atoms with Gasteiger partial charge in [-0.3, -0.25) is 9.36 Å². The van der Waals surface area contributed by atoms with Crippen molar-refractivity contribution in [1.82, 2.24) is 9.55 Å². The third-order valence-electron chi connectivity index (χ3n) is 2.23. The summed E-state index contributed by atoms with van der Waals surface area (Å²) in [5.74, 6) is -0.462. The molecule has 1 heterocycles. The van der Waals surface area contributed by atoms with Gasteiger partial charge in [0.1, 0.15) is 0 Å². The number of H-pyrrole nitrogens is 1. The van der Waals surface area contributed by atoms with Gasteiger partial charge in [-0.05, 0) is 5.56 Å². The summed E-state index contributed by atoms with van der Waals surface area (Å²) in [4.78, 5) is 25.2. The van der Waals surface area contributed by atoms with Gasteiger partial charge in [0.05, 0.1) is 12.7 Å². The normalized spacial score (nSPS) is 10.2. The van der Waals surface area contributed by atoms with Gasteiger partial charge in [-0.1, -0.05) is 30.3 Å². The molecular formula is C11H10N2O3. The zero-order valence-electron chi connectivity index (χ0n) is 8.38. The van der Waals surface area contributed by atoms with Crippen LogP contribution in [0, 0.1) is 0 Å². The zero-order valence-corrected chi connectivity index (χ0v) is 8.38. The van der Waals surface area contributed by atoms with Crippen molar-refractivity contribution < 1.29 is 5.11 Å². The van der Waals surface area contributed by atoms with Crippen LogP contribution in [0.3, 0.4) is 0 Å². The number of nitrogens with one attached hydrogen (secondary N) is 1. The van der Waals surface area contributed by atoms with Crippen LogP contribution < -0.4 is 11.2 Å². The van der Waals surface area contributed by atoms with Gasteiger partial charge in [-0.2, -0.15) is 0 Å². The predicted octanol–water partition coefficient (Wildman–Crippen LogP) is 0.290. The Morgan fingerprint density at radius 1 is 1.19 bits per heavy atom. The number of nitrogens with zero attached hydrogens (tertiary/aromatic N) is 1. The molecule has 2 N–H and O–H groups in total. The number of rotatable bonds is 2. The molecule has 5 heteroatoms. The highest BCUT2D eigenvalue weighted by Crippen LogP contribution is 2.00. The highest BCUT2D eigenvalue weighted by Gasteiger charge is 2.05. The zero-order chi connectivity index (χ0) is 11.5. The molecule has 0 unspecified atom stereocenters. The van der Waals surface area contributed by atoms with E-state index in [1.807, 2.05) is 18.2 Å². The maximum Gasteiger partial charge on any atom is 0.328 e. The molecule has 0 aliphatic carbocycles. The first-order valence-corrected chi connectivity index (χ1v) is 4.74. The number of aromatic nitrogens is 2. The number of hydrogen-bond acceptors (Lipinski definition) is 3. The molecular weight excluding hydrogens is 208 g/mol. The Kier molecular flexibility index (Phi) is 2.59. The van der Waals surface area contributed by atoms with E-state index in [1.54, 1.807) is 12.1 Å². The van der Waals surface area contributed by atoms with E-state index in [4.69, 9.17) is 0 Å². The van der Waals surface area contributed by atoms with Crippen molar-refractivity contribution >= 4 is 0 Å². The number of benzene rings is 1. The Morgan fingerprint density at radius 2 is 1.88 bits per heavy atom. The van der Waals surface area contributed by atoms with E-state index in [0.29, 0.717) is 0 Å². The van der Waals surface area contributed by atoms with Crippen molar-refractivity contribution in [2.24, 2.45) is 0 Å². The van der Waals surface area contributed by atoms with E-state index in [2.05, 4.69) is 4.98 Å². The summed E-state index contributed by atoms with van der Waals surface area (Å²) in [5, 5.41) is 9.20. The van der Waals surface area contributed by atoms with Gasteiger partial charge in [0, 0.05) is 0 Å². The van der Waals surface area contributed by atoms with Gasteiger partial charge in [0.25, 0.3) is 5.56 Å². The SMILES string of the molecule is O=c1[nH]cc(O)c(=O)n1Cc1ccccc1. The van der Waals surface area contributed by atoms with E-state index in [0.717, 1.165) is 16.3 Å². The Morgan fingerprint density at radius 3 is 2.56 bits per heavy atom. The molecule has 0 saturated heterocycles. The van der Waals surface area contributed by atoms with Gasteiger partial charge >= 0.3 is 5.69 Å². The molecule has 1 aromatic carbocycles. The van der Waals surface area contributed by atoms with Crippen LogP contribution in [0.1, 0.15) is 5.56 Å². The number of hydrogen-bond donors (Lipinski definition) is 2. The van der Waals surface area contributed by atoms with Crippen molar-refractivity contribution in [2.45, 2.75) is 6.54 Å². The van der Waals surface area contributed by atoms with E-state index in [9.17, 15) is 14.7 Å². The van der Waals surface area contributed by atoms with Crippen molar-refractivity contribution in [3.8, 4) is 5.75 Å². The smallest absolute Gasteiger partial charge is 0.328 e. The van der Waals surface area contributed by atoms with E-state index >= 15 is 0 Å². The highest BCUT2D eigenvalue weighted by atomic mass is 16.3. The first-order chi connectivity index (χ1) is 7.68. The van der Waals surface area contributed by atoms with Crippen LogP contribution in [0.5, 0.6) is 5.75 Å². The van der Waals surface area contributed by atoms with Crippen molar-refractivity contribution in [1.29, 1.82) is 0 Å². The van der Waals surface area contributed by atoms with Crippen LogP contribution in [0.25, 0.3) is 0 Å². The van der Waals surface area contributed by atoms with E-state index in [1.165, 1.54) is 0 Å². The summed E-state index contributed by atoms with van der Waals surface area (Å²) in [7, 11) is 0. The Labute approximate surface area is 90.6 Å². The molecule has 1 aromatic heterocycles. The topological polar surface area (TPSA) is 75.1 Å². The molecule has 0 aliphatic heterocycles. The molecule has 0 saturated carbocycles. The van der Waals surface area contributed by atoms with E-state index < -0.39 is 17.0 Å². The molecule has 0 spiro atoms. The van der Waals surface area contributed by atoms with Gasteiger partial charge in [0.2, 0.25) is 0 Å². The highest BCUT2D eigenvalue weighted by molar-refractivity contribution is 5.16. The van der Waals surface area contributed by atoms with Gasteiger partial charge in [0.15, 0.2) is 5.75 Å². The van der Waals surface area contributed by atoms with Gasteiger partial charge < -0.3 is 10.1 Å². The molecule has 0 bridgehead atoms. The quantitative estimate of drug-likeness (QED) is 0.760. The predicted molar refractivity (Wildman–Crippen MR) is 58.5 cm³/mol. The van der Waals surface area contributed by atoms with Crippen molar-refractivity contribution in [3.63, 3.8) is 0 Å². The number of aromatic amines is 1. The standard InChI is InChI=1S/C11H10N2O3/c14-9-6-12-11(16)13(10(9)15)7-8-4-2-1-3-5-8/h1-6,14H,7H2,(H,12,16). The molecule has 82 valence electrons. The lowest BCUT2D eigenvalue weighted by atomic mass is 10.2. The monoisotopic (exact) mass is 218 g/mol. The Balaban J connectivity index is 2.47. The maximum atomic E-state index is 11.5. The van der Waals surface area contributed by atoms with Crippen molar-refractivity contribution in [3.05, 3.63) is 62.9 Å². The lowest BCUT2D eigenvalue weighted by Crippen LogP contribution is -2.34. The lowest BCUT2D eigenvalue weighted by Gasteiger charge is -2.04. The summed E-state index contributed by atoms with van der Waals surface area (Å²) in [6.07, 6.45) is 0.992. The summed E-state index contributed by atoms with van der Waals surface area (Å²) >= 11 is 0. The molecule has 0 aliphatic rings. The summed E-state index contributed by atoms with van der Waals surface area (Å²) in [6, 6.07) is 9.08. The minimum atomic E-state index is -0.687. The van der Waals surface area contributed by atoms with Crippen molar-refractivity contribution in [2.75, 3.05) is 0 Å². The Bertz CT molecular complexity index is 599. The largest absolute Gasteiger partial charge is 0.502 e. The molecule has 0 atom stereocenters. The van der Waals surface area contributed by atoms with Crippen LogP contribution in [0.4, 0.5) is 0 Å². The molecule has 0 amide bonds. The molecule has 2 rings (SSSR count). The second-order valence-corrected chi connectivity index (χ2v) is 3.36. The summed E-state index contributed by atoms with van der Waals surface area (Å²) in [6.45, 7) is 0.142. The van der Waals surface area contributed by atoms with Crippen LogP contribution in [-0.2, 0) is 6.54 Å². The Hall–Kier alpha value is -2.30. The average molecular weight is 218 g/mol. The molecule has 16 heavy (non-hydrogen) atoms. The van der Waals surface area contributed by atoms with E-state index in [-0.39, 0.29) is 6.54 Å². The second-order valence-electron chi connectivity index (χ2n) is 3.36. The van der Waals surface area contributed by atoms with Gasteiger partial charge in [-0.15, -0.1) is 0 Å². The third kappa shape index (κ3) is 1.88. The van der Waals surface area contributed by atoms with Crippen LogP contribution in [0.15, 0.2) is 46.1 Å². The first-order valence-electron chi connectivity index (χ1n) is 4.74. The minimum Gasteiger partial charge on any atom is -0.502 e. The van der Waals surface area contributed by atoms with Crippen LogP contribution in [0.2, 0.25) is 0 Å². The van der Waals surface area contributed by atoms with Crippen LogP contribution >= 0.6 is 0 Å². The molecule has 0 fully saturated rings. The molecule has 2 aromatic rings. The molecule has 0 radical (unpaired) electrons. The lowest BCUT2D eigenvalue weighted by molar-refractivity contribution is 0.451.